The van der Waals surface area contributed by atoms with E-state index in [9.17, 15) is 4.79 Å². The van der Waals surface area contributed by atoms with Crippen LogP contribution < -0.4 is 5.32 Å². The normalized spacial score (nSPS) is 11.1. The van der Waals surface area contributed by atoms with Gasteiger partial charge in [-0.3, -0.25) is 9.89 Å². The molecule has 2 heterocycles. The van der Waals surface area contributed by atoms with Crippen molar-refractivity contribution in [3.05, 3.63) is 94.0 Å². The number of aromatic nitrogens is 4. The van der Waals surface area contributed by atoms with Crippen molar-refractivity contribution in [3.63, 3.8) is 0 Å². The van der Waals surface area contributed by atoms with Crippen LogP contribution in [0.2, 0.25) is 10.0 Å². The van der Waals surface area contributed by atoms with Gasteiger partial charge in [0.05, 0.1) is 26.8 Å². The van der Waals surface area contributed by atoms with E-state index in [0.717, 1.165) is 21.8 Å². The summed E-state index contributed by atoms with van der Waals surface area (Å²) in [5.41, 5.74) is 4.74. The number of para-hydroxylation sites is 2. The summed E-state index contributed by atoms with van der Waals surface area (Å²) in [4.78, 5) is 20.9. The summed E-state index contributed by atoms with van der Waals surface area (Å²) in [6.45, 7) is 0. The molecule has 3 N–H and O–H groups in total. The molecule has 0 saturated heterocycles. The zero-order valence-corrected chi connectivity index (χ0v) is 19.4. The van der Waals surface area contributed by atoms with Crippen LogP contribution in [0.1, 0.15) is 15.9 Å². The molecule has 9 heteroatoms. The number of thioether (sulfide) groups is 1. The van der Waals surface area contributed by atoms with Crippen molar-refractivity contribution in [3.8, 4) is 11.3 Å². The number of carbonyl (C=O) groups is 1. The number of imidazole rings is 1. The van der Waals surface area contributed by atoms with Crippen LogP contribution in [0.5, 0.6) is 0 Å². The molecule has 33 heavy (non-hydrogen) atoms. The fourth-order valence-electron chi connectivity index (χ4n) is 3.43. The molecule has 3 aromatic carbocycles. The van der Waals surface area contributed by atoms with E-state index in [2.05, 4.69) is 25.5 Å². The zero-order chi connectivity index (χ0) is 22.8. The molecule has 0 unspecified atom stereocenters. The monoisotopic (exact) mass is 493 g/mol. The number of benzene rings is 3. The van der Waals surface area contributed by atoms with Crippen LogP contribution in [0.3, 0.4) is 0 Å². The Labute approximate surface area is 203 Å². The molecule has 0 aliphatic heterocycles. The van der Waals surface area contributed by atoms with Crippen LogP contribution in [0, 0.1) is 0 Å². The second kappa shape index (κ2) is 9.31. The van der Waals surface area contributed by atoms with Crippen molar-refractivity contribution < 1.29 is 4.79 Å². The average molecular weight is 494 g/mol. The number of rotatable bonds is 6. The van der Waals surface area contributed by atoms with Gasteiger partial charge in [0.15, 0.2) is 11.0 Å². The van der Waals surface area contributed by atoms with Gasteiger partial charge in [-0.25, -0.2) is 4.98 Å². The number of aromatic amines is 2. The topological polar surface area (TPSA) is 86.5 Å². The molecule has 0 radical (unpaired) electrons. The van der Waals surface area contributed by atoms with Crippen LogP contribution in [0.15, 0.2) is 78.0 Å². The van der Waals surface area contributed by atoms with Crippen molar-refractivity contribution in [2.75, 3.05) is 5.32 Å². The first-order valence-corrected chi connectivity index (χ1v) is 11.8. The molecule has 0 spiro atoms. The van der Waals surface area contributed by atoms with E-state index in [1.54, 1.807) is 36.0 Å². The Morgan fingerprint density at radius 3 is 2.70 bits per heavy atom. The third-order valence-corrected chi connectivity index (χ3v) is 6.80. The Kier molecular flexibility index (Phi) is 6.09. The van der Waals surface area contributed by atoms with Crippen molar-refractivity contribution in [1.29, 1.82) is 0 Å². The average Bonchev–Trinajstić information content (AvgIpc) is 3.46. The number of nitrogens with one attached hydrogen (secondary N) is 3. The first-order valence-electron chi connectivity index (χ1n) is 10.0. The smallest absolute Gasteiger partial charge is 0.257 e. The van der Waals surface area contributed by atoms with Gasteiger partial charge >= 0.3 is 0 Å². The molecule has 5 aromatic rings. The van der Waals surface area contributed by atoms with Gasteiger partial charge in [0.25, 0.3) is 5.91 Å². The molecule has 5 rings (SSSR count). The van der Waals surface area contributed by atoms with Crippen LogP contribution >= 0.6 is 35.0 Å². The van der Waals surface area contributed by atoms with Gasteiger partial charge in [-0.2, -0.15) is 5.10 Å². The lowest BCUT2D eigenvalue weighted by atomic mass is 10.1. The highest BCUT2D eigenvalue weighted by molar-refractivity contribution is 7.98. The standard InChI is InChI=1S/C24H17Cl2N5OS/c25-17-9-5-8-16(22(17)26)20-12-21(31-30-20)29-23(32)15-7-2-1-6-14(15)13-33-24-27-18-10-3-4-11-19(18)28-24/h1-12H,13H2,(H,27,28)(H2,29,30,31,32). The Morgan fingerprint density at radius 2 is 1.82 bits per heavy atom. The highest BCUT2D eigenvalue weighted by Crippen LogP contribution is 2.33. The minimum absolute atomic E-state index is 0.244. The predicted octanol–water partition coefficient (Wildman–Crippen LogP) is 6.80. The maximum atomic E-state index is 13.0. The van der Waals surface area contributed by atoms with E-state index in [-0.39, 0.29) is 5.91 Å². The van der Waals surface area contributed by atoms with Crippen molar-refractivity contribution in [2.45, 2.75) is 10.9 Å². The Hall–Kier alpha value is -3.26. The van der Waals surface area contributed by atoms with Gasteiger partial charge in [-0.15, -0.1) is 0 Å². The lowest BCUT2D eigenvalue weighted by Crippen LogP contribution is -2.14. The molecule has 0 aliphatic rings. The number of H-pyrrole nitrogens is 2. The molecule has 0 aliphatic carbocycles. The van der Waals surface area contributed by atoms with Gasteiger partial charge in [0.2, 0.25) is 0 Å². The van der Waals surface area contributed by atoms with Crippen LogP contribution in [0.4, 0.5) is 5.82 Å². The van der Waals surface area contributed by atoms with E-state index >= 15 is 0 Å². The van der Waals surface area contributed by atoms with Crippen LogP contribution in [0.25, 0.3) is 22.3 Å². The molecular weight excluding hydrogens is 477 g/mol. The van der Waals surface area contributed by atoms with Gasteiger partial charge in [-0.05, 0) is 29.8 Å². The number of nitrogens with zero attached hydrogens (tertiary/aromatic N) is 2. The first-order chi connectivity index (χ1) is 16.1. The summed E-state index contributed by atoms with van der Waals surface area (Å²) >= 11 is 13.9. The number of hydrogen-bond acceptors (Lipinski definition) is 4. The summed E-state index contributed by atoms with van der Waals surface area (Å²) < 4.78 is 0. The molecule has 0 bridgehead atoms. The number of amides is 1. The van der Waals surface area contributed by atoms with E-state index in [4.69, 9.17) is 23.2 Å². The number of fused-ring (bicyclic) bond motifs is 1. The highest BCUT2D eigenvalue weighted by atomic mass is 35.5. The Bertz CT molecular complexity index is 1430. The Morgan fingerprint density at radius 1 is 1.00 bits per heavy atom. The molecule has 1 amide bonds. The summed E-state index contributed by atoms with van der Waals surface area (Å²) in [7, 11) is 0. The fraction of sp³-hybridized carbons (Fsp3) is 0.0417. The fourth-order valence-corrected chi connectivity index (χ4v) is 4.72. The highest BCUT2D eigenvalue weighted by Gasteiger charge is 2.15. The maximum absolute atomic E-state index is 13.0. The second-order valence-electron chi connectivity index (χ2n) is 7.23. The minimum Gasteiger partial charge on any atom is -0.333 e. The number of hydrogen-bond donors (Lipinski definition) is 3. The Balaban J connectivity index is 1.31. The summed E-state index contributed by atoms with van der Waals surface area (Å²) in [5, 5.41) is 11.6. The van der Waals surface area contributed by atoms with Crippen LogP contribution in [-0.4, -0.2) is 26.1 Å². The molecule has 2 aromatic heterocycles. The zero-order valence-electron chi connectivity index (χ0n) is 17.1. The summed E-state index contributed by atoms with van der Waals surface area (Å²) in [6, 6.07) is 22.4. The van der Waals surface area contributed by atoms with Gasteiger partial charge < -0.3 is 10.3 Å². The first kappa shape index (κ1) is 21.6. The molecule has 164 valence electrons. The van der Waals surface area contributed by atoms with Gasteiger partial charge in [0, 0.05) is 22.9 Å². The summed E-state index contributed by atoms with van der Waals surface area (Å²) in [5.74, 6) is 0.740. The molecule has 6 nitrogen and oxygen atoms in total. The number of carbonyl (C=O) groups excluding carboxylic acids is 1. The van der Waals surface area contributed by atoms with Crippen LogP contribution in [-0.2, 0) is 5.75 Å². The largest absolute Gasteiger partial charge is 0.333 e. The third kappa shape index (κ3) is 4.61. The minimum atomic E-state index is -0.244. The van der Waals surface area contributed by atoms with Gasteiger partial charge in [0.1, 0.15) is 0 Å². The number of anilines is 1. The maximum Gasteiger partial charge on any atom is 0.257 e. The van der Waals surface area contributed by atoms with Crippen molar-refractivity contribution >= 4 is 57.7 Å². The number of halogens is 2. The van der Waals surface area contributed by atoms with E-state index in [1.807, 2.05) is 48.5 Å². The van der Waals surface area contributed by atoms with E-state index in [1.165, 1.54) is 0 Å². The predicted molar refractivity (Wildman–Crippen MR) is 134 cm³/mol. The van der Waals surface area contributed by atoms with E-state index in [0.29, 0.717) is 38.4 Å². The second-order valence-corrected chi connectivity index (χ2v) is 8.98. The molecule has 0 saturated carbocycles. The summed E-state index contributed by atoms with van der Waals surface area (Å²) in [6.07, 6.45) is 0. The SMILES string of the molecule is O=C(Nc1cc(-c2cccc(Cl)c2Cl)[nH]n1)c1ccccc1CSc1nc2ccccc2[nH]1. The third-order valence-electron chi connectivity index (χ3n) is 5.06. The van der Waals surface area contributed by atoms with Crippen molar-refractivity contribution in [2.24, 2.45) is 0 Å². The van der Waals surface area contributed by atoms with Gasteiger partial charge in [-0.1, -0.05) is 77.4 Å². The lowest BCUT2D eigenvalue weighted by Gasteiger charge is -2.08. The molecule has 0 fully saturated rings. The van der Waals surface area contributed by atoms with E-state index < -0.39 is 0 Å². The van der Waals surface area contributed by atoms with Crippen molar-refractivity contribution in [1.82, 2.24) is 20.2 Å². The lowest BCUT2D eigenvalue weighted by molar-refractivity contribution is 0.102. The molecule has 0 atom stereocenters. The quantitative estimate of drug-likeness (QED) is 0.227. The molecular formula is C24H17Cl2N5OS.